The molecule has 1 saturated heterocycles. The van der Waals surface area contributed by atoms with Gasteiger partial charge in [-0.2, -0.15) is 0 Å². The van der Waals surface area contributed by atoms with Gasteiger partial charge in [0.05, 0.1) is 6.10 Å². The minimum atomic E-state index is 0.126. The Hall–Kier alpha value is -0.860. The molecular formula is C15H23NO. The van der Waals surface area contributed by atoms with E-state index >= 15 is 0 Å². The molecule has 2 atom stereocenters. The number of benzene rings is 1. The molecule has 1 heterocycles. The van der Waals surface area contributed by atoms with Crippen molar-refractivity contribution in [1.29, 1.82) is 0 Å². The summed E-state index contributed by atoms with van der Waals surface area (Å²) >= 11 is 0. The summed E-state index contributed by atoms with van der Waals surface area (Å²) in [6.07, 6.45) is 2.50. The molecule has 0 aliphatic carbocycles. The SMILES string of the molecule is CCc1ccccc1CNC1(C)CCOC1C. The van der Waals surface area contributed by atoms with Crippen molar-refractivity contribution in [3.63, 3.8) is 0 Å². The van der Waals surface area contributed by atoms with E-state index in [1.54, 1.807) is 0 Å². The van der Waals surface area contributed by atoms with Crippen LogP contribution in [-0.4, -0.2) is 18.2 Å². The number of rotatable bonds is 4. The molecule has 0 radical (unpaired) electrons. The average Bonchev–Trinajstić information content (AvgIpc) is 2.68. The third-order valence-electron chi connectivity index (χ3n) is 4.07. The van der Waals surface area contributed by atoms with Crippen molar-refractivity contribution in [1.82, 2.24) is 5.32 Å². The second-order valence-corrected chi connectivity index (χ2v) is 5.16. The Labute approximate surface area is 104 Å². The molecule has 2 rings (SSSR count). The Balaban J connectivity index is 2.02. The van der Waals surface area contributed by atoms with Crippen molar-refractivity contribution >= 4 is 0 Å². The fourth-order valence-corrected chi connectivity index (χ4v) is 2.44. The lowest BCUT2D eigenvalue weighted by atomic mass is 9.94. The topological polar surface area (TPSA) is 21.3 Å². The second-order valence-electron chi connectivity index (χ2n) is 5.16. The van der Waals surface area contributed by atoms with Crippen molar-refractivity contribution in [3.8, 4) is 0 Å². The molecular weight excluding hydrogens is 210 g/mol. The minimum Gasteiger partial charge on any atom is -0.377 e. The Bertz CT molecular complexity index is 377. The van der Waals surface area contributed by atoms with Crippen molar-refractivity contribution in [2.45, 2.75) is 51.8 Å². The maximum atomic E-state index is 5.65. The molecule has 2 heteroatoms. The highest BCUT2D eigenvalue weighted by molar-refractivity contribution is 5.27. The van der Waals surface area contributed by atoms with Crippen LogP contribution in [0.25, 0.3) is 0 Å². The normalized spacial score (nSPS) is 28.5. The van der Waals surface area contributed by atoms with E-state index in [0.717, 1.165) is 26.0 Å². The van der Waals surface area contributed by atoms with E-state index in [2.05, 4.69) is 50.4 Å². The van der Waals surface area contributed by atoms with Crippen LogP contribution < -0.4 is 5.32 Å². The fraction of sp³-hybridized carbons (Fsp3) is 0.600. The van der Waals surface area contributed by atoms with Crippen molar-refractivity contribution in [2.75, 3.05) is 6.61 Å². The van der Waals surface area contributed by atoms with Crippen LogP contribution in [0.4, 0.5) is 0 Å². The van der Waals surface area contributed by atoms with Gasteiger partial charge in [0.2, 0.25) is 0 Å². The van der Waals surface area contributed by atoms with E-state index in [-0.39, 0.29) is 5.54 Å². The van der Waals surface area contributed by atoms with Gasteiger partial charge in [-0.3, -0.25) is 0 Å². The van der Waals surface area contributed by atoms with E-state index in [1.165, 1.54) is 11.1 Å². The summed E-state index contributed by atoms with van der Waals surface area (Å²) in [5.74, 6) is 0. The Morgan fingerprint density at radius 1 is 1.35 bits per heavy atom. The highest BCUT2D eigenvalue weighted by atomic mass is 16.5. The van der Waals surface area contributed by atoms with Gasteiger partial charge in [0.15, 0.2) is 0 Å². The Kier molecular flexibility index (Phi) is 3.85. The van der Waals surface area contributed by atoms with Crippen LogP contribution in [0.3, 0.4) is 0 Å². The second kappa shape index (κ2) is 5.19. The van der Waals surface area contributed by atoms with Gasteiger partial charge in [-0.1, -0.05) is 31.2 Å². The number of aryl methyl sites for hydroxylation is 1. The van der Waals surface area contributed by atoms with Crippen molar-refractivity contribution in [3.05, 3.63) is 35.4 Å². The number of hydrogen-bond acceptors (Lipinski definition) is 2. The highest BCUT2D eigenvalue weighted by Gasteiger charge is 2.36. The van der Waals surface area contributed by atoms with Gasteiger partial charge in [-0.15, -0.1) is 0 Å². The maximum absolute atomic E-state index is 5.65. The van der Waals surface area contributed by atoms with Gasteiger partial charge in [0, 0.05) is 18.7 Å². The zero-order valence-corrected chi connectivity index (χ0v) is 11.1. The van der Waals surface area contributed by atoms with Gasteiger partial charge in [0.1, 0.15) is 0 Å². The summed E-state index contributed by atoms with van der Waals surface area (Å²) in [6, 6.07) is 8.67. The number of hydrogen-bond donors (Lipinski definition) is 1. The first-order valence-corrected chi connectivity index (χ1v) is 6.59. The Morgan fingerprint density at radius 3 is 2.65 bits per heavy atom. The van der Waals surface area contributed by atoms with E-state index in [0.29, 0.717) is 6.10 Å². The van der Waals surface area contributed by atoms with Crippen LogP contribution in [-0.2, 0) is 17.7 Å². The van der Waals surface area contributed by atoms with E-state index in [1.807, 2.05) is 0 Å². The molecule has 0 spiro atoms. The molecule has 17 heavy (non-hydrogen) atoms. The van der Waals surface area contributed by atoms with Crippen molar-refractivity contribution in [2.24, 2.45) is 0 Å². The van der Waals surface area contributed by atoms with Crippen LogP contribution in [0.15, 0.2) is 24.3 Å². The molecule has 1 N–H and O–H groups in total. The molecule has 2 nitrogen and oxygen atoms in total. The lowest BCUT2D eigenvalue weighted by molar-refractivity contribution is 0.0881. The van der Waals surface area contributed by atoms with E-state index in [4.69, 9.17) is 4.74 Å². The first-order chi connectivity index (χ1) is 8.15. The van der Waals surface area contributed by atoms with Gasteiger partial charge in [-0.05, 0) is 37.8 Å². The molecule has 0 bridgehead atoms. The quantitative estimate of drug-likeness (QED) is 0.863. The van der Waals surface area contributed by atoms with Gasteiger partial charge >= 0.3 is 0 Å². The number of ether oxygens (including phenoxy) is 1. The van der Waals surface area contributed by atoms with Gasteiger partial charge in [0.25, 0.3) is 0 Å². The zero-order valence-electron chi connectivity index (χ0n) is 11.1. The summed E-state index contributed by atoms with van der Waals surface area (Å²) in [5.41, 5.74) is 2.98. The molecule has 1 aliphatic heterocycles. The van der Waals surface area contributed by atoms with E-state index < -0.39 is 0 Å². The lowest BCUT2D eigenvalue weighted by Gasteiger charge is -2.29. The van der Waals surface area contributed by atoms with Gasteiger partial charge < -0.3 is 10.1 Å². The highest BCUT2D eigenvalue weighted by Crippen LogP contribution is 2.25. The maximum Gasteiger partial charge on any atom is 0.0726 e. The first kappa shape index (κ1) is 12.6. The monoisotopic (exact) mass is 233 g/mol. The minimum absolute atomic E-state index is 0.126. The molecule has 0 saturated carbocycles. The van der Waals surface area contributed by atoms with Crippen LogP contribution in [0, 0.1) is 0 Å². The van der Waals surface area contributed by atoms with Crippen LogP contribution in [0.5, 0.6) is 0 Å². The molecule has 1 aromatic carbocycles. The summed E-state index contributed by atoms with van der Waals surface area (Å²) < 4.78 is 5.65. The largest absolute Gasteiger partial charge is 0.377 e. The molecule has 94 valence electrons. The molecule has 0 amide bonds. The van der Waals surface area contributed by atoms with E-state index in [9.17, 15) is 0 Å². The molecule has 0 aromatic heterocycles. The summed E-state index contributed by atoms with van der Waals surface area (Å²) in [6.45, 7) is 8.45. The summed E-state index contributed by atoms with van der Waals surface area (Å²) in [7, 11) is 0. The Morgan fingerprint density at radius 2 is 2.06 bits per heavy atom. The van der Waals surface area contributed by atoms with Crippen LogP contribution in [0.2, 0.25) is 0 Å². The first-order valence-electron chi connectivity index (χ1n) is 6.59. The standard InChI is InChI=1S/C15H23NO/c1-4-13-7-5-6-8-14(13)11-16-15(3)9-10-17-12(15)2/h5-8,12,16H,4,9-11H2,1-3H3. The predicted molar refractivity (Wildman–Crippen MR) is 71.1 cm³/mol. The molecule has 2 unspecified atom stereocenters. The molecule has 1 fully saturated rings. The predicted octanol–water partition coefficient (Wildman–Crippen LogP) is 2.91. The number of nitrogens with one attached hydrogen (secondary N) is 1. The fourth-order valence-electron chi connectivity index (χ4n) is 2.44. The van der Waals surface area contributed by atoms with Gasteiger partial charge in [-0.25, -0.2) is 0 Å². The van der Waals surface area contributed by atoms with Crippen molar-refractivity contribution < 1.29 is 4.74 Å². The molecule has 1 aromatic rings. The van der Waals surface area contributed by atoms with Crippen LogP contribution in [0.1, 0.15) is 38.3 Å². The average molecular weight is 233 g/mol. The smallest absolute Gasteiger partial charge is 0.0726 e. The zero-order chi connectivity index (χ0) is 12.3. The third-order valence-corrected chi connectivity index (χ3v) is 4.07. The summed E-state index contributed by atoms with van der Waals surface area (Å²) in [5, 5.41) is 3.67. The molecule has 1 aliphatic rings. The van der Waals surface area contributed by atoms with Crippen LogP contribution >= 0.6 is 0 Å². The lowest BCUT2D eigenvalue weighted by Crippen LogP contribution is -2.47. The summed E-state index contributed by atoms with van der Waals surface area (Å²) in [4.78, 5) is 0. The third kappa shape index (κ3) is 2.70.